The van der Waals surface area contributed by atoms with Crippen LogP contribution >= 0.6 is 0 Å². The lowest BCUT2D eigenvalue weighted by Crippen LogP contribution is -2.44. The predicted molar refractivity (Wildman–Crippen MR) is 91.0 cm³/mol. The van der Waals surface area contributed by atoms with Crippen LogP contribution in [0.5, 0.6) is 0 Å². The minimum atomic E-state index is 0.0463. The number of carbonyl (C=O) groups excluding carboxylic acids is 2. The lowest BCUT2D eigenvalue weighted by Gasteiger charge is -2.31. The van der Waals surface area contributed by atoms with E-state index in [9.17, 15) is 9.59 Å². The fraction of sp³-hybridized carbons (Fsp3) is 0.556. The van der Waals surface area contributed by atoms with Crippen LogP contribution in [0.15, 0.2) is 30.3 Å². The van der Waals surface area contributed by atoms with Gasteiger partial charge in [-0.2, -0.15) is 0 Å². The van der Waals surface area contributed by atoms with E-state index in [1.165, 1.54) is 5.56 Å². The molecule has 0 aliphatic carbocycles. The van der Waals surface area contributed by atoms with E-state index in [4.69, 9.17) is 0 Å². The standard InChI is InChI=1S/C18H27N3O2/c1-19-11-12-20-18(23)16-9-13-21(14-10-16)17(22)8-7-15-5-3-2-4-6-15/h2-6,16,19H,7-14H2,1H3,(H,20,23). The summed E-state index contributed by atoms with van der Waals surface area (Å²) in [6.07, 6.45) is 2.86. The monoisotopic (exact) mass is 317 g/mol. The van der Waals surface area contributed by atoms with Gasteiger partial charge in [0.15, 0.2) is 0 Å². The quantitative estimate of drug-likeness (QED) is 0.743. The molecule has 1 fully saturated rings. The van der Waals surface area contributed by atoms with E-state index in [0.717, 1.165) is 25.8 Å². The first-order chi connectivity index (χ1) is 11.2. The Bertz CT molecular complexity index is 496. The minimum Gasteiger partial charge on any atom is -0.355 e. The summed E-state index contributed by atoms with van der Waals surface area (Å²) in [7, 11) is 1.87. The number of likely N-dealkylation sites (N-methyl/N-ethyl adjacent to an activating group) is 1. The molecule has 2 N–H and O–H groups in total. The van der Waals surface area contributed by atoms with Crippen molar-refractivity contribution >= 4 is 11.8 Å². The Morgan fingerprint density at radius 1 is 1.13 bits per heavy atom. The van der Waals surface area contributed by atoms with E-state index in [1.807, 2.05) is 30.1 Å². The number of piperidine rings is 1. The number of benzene rings is 1. The van der Waals surface area contributed by atoms with Gasteiger partial charge in [-0.3, -0.25) is 9.59 Å². The zero-order chi connectivity index (χ0) is 16.5. The average molecular weight is 317 g/mol. The molecule has 0 saturated carbocycles. The highest BCUT2D eigenvalue weighted by atomic mass is 16.2. The van der Waals surface area contributed by atoms with Crippen molar-refractivity contribution in [2.24, 2.45) is 5.92 Å². The number of carbonyl (C=O) groups is 2. The van der Waals surface area contributed by atoms with Crippen molar-refractivity contribution in [1.82, 2.24) is 15.5 Å². The number of hydrogen-bond donors (Lipinski definition) is 2. The van der Waals surface area contributed by atoms with Crippen LogP contribution in [0.2, 0.25) is 0 Å². The number of hydrogen-bond acceptors (Lipinski definition) is 3. The second-order valence-electron chi connectivity index (χ2n) is 6.04. The predicted octanol–water partition coefficient (Wildman–Crippen LogP) is 1.19. The summed E-state index contributed by atoms with van der Waals surface area (Å²) in [4.78, 5) is 26.2. The molecule has 0 atom stereocenters. The molecule has 1 heterocycles. The number of nitrogens with zero attached hydrogens (tertiary/aromatic N) is 1. The summed E-state index contributed by atoms with van der Waals surface area (Å²) in [5.41, 5.74) is 1.19. The molecule has 0 radical (unpaired) electrons. The van der Waals surface area contributed by atoms with Crippen LogP contribution in [0.3, 0.4) is 0 Å². The van der Waals surface area contributed by atoms with Crippen LogP contribution < -0.4 is 10.6 Å². The summed E-state index contributed by atoms with van der Waals surface area (Å²) >= 11 is 0. The number of nitrogens with one attached hydrogen (secondary N) is 2. The van der Waals surface area contributed by atoms with Crippen LogP contribution in [-0.2, 0) is 16.0 Å². The van der Waals surface area contributed by atoms with Gasteiger partial charge in [-0.1, -0.05) is 30.3 Å². The molecule has 0 unspecified atom stereocenters. The van der Waals surface area contributed by atoms with Gasteiger partial charge in [-0.15, -0.1) is 0 Å². The van der Waals surface area contributed by atoms with Gasteiger partial charge in [-0.05, 0) is 31.9 Å². The molecule has 1 aromatic rings. The van der Waals surface area contributed by atoms with E-state index in [2.05, 4.69) is 22.8 Å². The molecule has 1 aliphatic heterocycles. The smallest absolute Gasteiger partial charge is 0.223 e. The lowest BCUT2D eigenvalue weighted by atomic mass is 9.95. The van der Waals surface area contributed by atoms with Crippen molar-refractivity contribution in [3.8, 4) is 0 Å². The molecule has 23 heavy (non-hydrogen) atoms. The molecule has 1 aromatic carbocycles. The van der Waals surface area contributed by atoms with Gasteiger partial charge >= 0.3 is 0 Å². The van der Waals surface area contributed by atoms with Crippen LogP contribution in [0.4, 0.5) is 0 Å². The summed E-state index contributed by atoms with van der Waals surface area (Å²) in [6.45, 7) is 2.82. The second-order valence-corrected chi connectivity index (χ2v) is 6.04. The Balaban J connectivity index is 1.69. The van der Waals surface area contributed by atoms with Crippen LogP contribution in [0, 0.1) is 5.92 Å². The number of likely N-dealkylation sites (tertiary alicyclic amines) is 1. The van der Waals surface area contributed by atoms with Gasteiger partial charge in [-0.25, -0.2) is 0 Å². The normalized spacial score (nSPS) is 15.4. The molecule has 1 aliphatic rings. The van der Waals surface area contributed by atoms with Gasteiger partial charge in [0.2, 0.25) is 11.8 Å². The Hall–Kier alpha value is -1.88. The fourth-order valence-corrected chi connectivity index (χ4v) is 2.90. The summed E-state index contributed by atoms with van der Waals surface area (Å²) < 4.78 is 0. The van der Waals surface area contributed by atoms with Crippen molar-refractivity contribution in [2.75, 3.05) is 33.2 Å². The van der Waals surface area contributed by atoms with E-state index in [1.54, 1.807) is 0 Å². The Kier molecular flexibility index (Phi) is 7.07. The molecule has 126 valence electrons. The third kappa shape index (κ3) is 5.67. The van der Waals surface area contributed by atoms with Crippen molar-refractivity contribution in [1.29, 1.82) is 0 Å². The van der Waals surface area contributed by atoms with Crippen molar-refractivity contribution in [2.45, 2.75) is 25.7 Å². The van der Waals surface area contributed by atoms with Crippen LogP contribution in [0.1, 0.15) is 24.8 Å². The van der Waals surface area contributed by atoms with Crippen molar-refractivity contribution in [3.63, 3.8) is 0 Å². The van der Waals surface area contributed by atoms with Gasteiger partial charge in [0.05, 0.1) is 0 Å². The number of aryl methyl sites for hydroxylation is 1. The van der Waals surface area contributed by atoms with Crippen molar-refractivity contribution < 1.29 is 9.59 Å². The Morgan fingerprint density at radius 2 is 1.83 bits per heavy atom. The first-order valence-corrected chi connectivity index (χ1v) is 8.44. The maximum Gasteiger partial charge on any atom is 0.223 e. The van der Waals surface area contributed by atoms with E-state index in [0.29, 0.717) is 26.1 Å². The van der Waals surface area contributed by atoms with Crippen LogP contribution in [-0.4, -0.2) is 49.9 Å². The number of rotatable bonds is 7. The summed E-state index contributed by atoms with van der Waals surface area (Å²) in [5.74, 6) is 0.365. The second kappa shape index (κ2) is 9.30. The largest absolute Gasteiger partial charge is 0.355 e. The van der Waals surface area contributed by atoms with Crippen LogP contribution in [0.25, 0.3) is 0 Å². The van der Waals surface area contributed by atoms with Gasteiger partial charge in [0.25, 0.3) is 0 Å². The highest BCUT2D eigenvalue weighted by molar-refractivity contribution is 5.80. The van der Waals surface area contributed by atoms with E-state index < -0.39 is 0 Å². The average Bonchev–Trinajstić information content (AvgIpc) is 2.61. The lowest BCUT2D eigenvalue weighted by molar-refractivity contribution is -0.135. The molecular formula is C18H27N3O2. The SMILES string of the molecule is CNCCNC(=O)C1CCN(C(=O)CCc2ccccc2)CC1. The molecule has 5 nitrogen and oxygen atoms in total. The maximum atomic E-state index is 12.3. The third-order valence-electron chi connectivity index (χ3n) is 4.36. The van der Waals surface area contributed by atoms with E-state index >= 15 is 0 Å². The first-order valence-electron chi connectivity index (χ1n) is 8.44. The van der Waals surface area contributed by atoms with Gasteiger partial charge < -0.3 is 15.5 Å². The molecule has 5 heteroatoms. The fourth-order valence-electron chi connectivity index (χ4n) is 2.90. The Morgan fingerprint density at radius 3 is 2.48 bits per heavy atom. The maximum absolute atomic E-state index is 12.3. The minimum absolute atomic E-state index is 0.0463. The molecule has 0 spiro atoms. The van der Waals surface area contributed by atoms with Gasteiger partial charge in [0.1, 0.15) is 0 Å². The molecule has 1 saturated heterocycles. The molecule has 2 rings (SSSR count). The topological polar surface area (TPSA) is 61.4 Å². The zero-order valence-corrected chi connectivity index (χ0v) is 13.9. The third-order valence-corrected chi connectivity index (χ3v) is 4.36. The molecule has 0 bridgehead atoms. The van der Waals surface area contributed by atoms with Crippen molar-refractivity contribution in [3.05, 3.63) is 35.9 Å². The van der Waals surface area contributed by atoms with Gasteiger partial charge in [0, 0.05) is 38.5 Å². The summed E-state index contributed by atoms with van der Waals surface area (Å²) in [6, 6.07) is 10.1. The zero-order valence-electron chi connectivity index (χ0n) is 13.9. The highest BCUT2D eigenvalue weighted by Gasteiger charge is 2.26. The first kappa shape index (κ1) is 17.5. The highest BCUT2D eigenvalue weighted by Crippen LogP contribution is 2.18. The Labute approximate surface area is 138 Å². The number of amides is 2. The molecule has 0 aromatic heterocycles. The molecular weight excluding hydrogens is 290 g/mol. The summed E-state index contributed by atoms with van der Waals surface area (Å²) in [5, 5.41) is 5.95. The van der Waals surface area contributed by atoms with E-state index in [-0.39, 0.29) is 17.7 Å². The molecule has 2 amide bonds.